The number of carbonyl (C=O) groups excluding carboxylic acids is 3. The number of nitrogens with zero attached hydrogens (tertiary/aromatic N) is 3. The van der Waals surface area contributed by atoms with E-state index in [-0.39, 0.29) is 46.6 Å². The Kier molecular flexibility index (Phi) is 27.0. The number of alkyl halides is 8. The number of Topliss-reactive ketones (excluding diaryl/α,β-unsaturated/α-hetero) is 1. The number of ketones is 2. The van der Waals surface area contributed by atoms with Crippen molar-refractivity contribution in [1.29, 1.82) is 0 Å². The minimum absolute atomic E-state index is 0.0786. The normalized spacial score (nSPS) is 18.1. The number of likely N-dealkylation sites (N-methyl/N-ethyl adjacent to an activating group) is 1. The van der Waals surface area contributed by atoms with Crippen molar-refractivity contribution in [2.24, 2.45) is 23.2 Å². The van der Waals surface area contributed by atoms with Gasteiger partial charge in [0.15, 0.2) is 11.5 Å². The van der Waals surface area contributed by atoms with Crippen molar-refractivity contribution in [3.05, 3.63) is 88.2 Å². The van der Waals surface area contributed by atoms with Crippen LogP contribution in [-0.4, -0.2) is 51.8 Å². The largest absolute Gasteiger partial charge is 0.435 e. The number of allylic oxidation sites excluding steroid dienone is 7. The van der Waals surface area contributed by atoms with Crippen LogP contribution in [0.5, 0.6) is 0 Å². The van der Waals surface area contributed by atoms with Gasteiger partial charge in [0, 0.05) is 29.0 Å². The molecule has 2 aromatic rings. The molecule has 374 valence electrons. The first-order valence-electron chi connectivity index (χ1n) is 22.5. The monoisotopic (exact) mass is 966 g/mol. The van der Waals surface area contributed by atoms with E-state index in [2.05, 4.69) is 15.4 Å². The number of hydrogen-bond donors (Lipinski definition) is 2. The Morgan fingerprint density at radius 2 is 1.58 bits per heavy atom. The molecule has 2 heterocycles. The van der Waals surface area contributed by atoms with Crippen LogP contribution in [0.3, 0.4) is 0 Å². The zero-order valence-electron chi connectivity index (χ0n) is 40.8. The maximum absolute atomic E-state index is 13.3. The minimum Gasteiger partial charge on any atom is -0.336 e. The van der Waals surface area contributed by atoms with E-state index in [9.17, 15) is 49.5 Å². The molecule has 66 heavy (non-hydrogen) atoms. The highest BCUT2D eigenvalue weighted by Crippen LogP contribution is 2.65. The van der Waals surface area contributed by atoms with Gasteiger partial charge >= 0.3 is 18.9 Å². The van der Waals surface area contributed by atoms with E-state index in [0.717, 1.165) is 31.6 Å². The second-order valence-corrected chi connectivity index (χ2v) is 17.3. The molecule has 0 amide bonds. The first-order chi connectivity index (χ1) is 30.7. The Morgan fingerprint density at radius 1 is 0.955 bits per heavy atom. The van der Waals surface area contributed by atoms with Crippen molar-refractivity contribution >= 4 is 35.0 Å². The van der Waals surface area contributed by atoms with Crippen LogP contribution >= 0.6 is 11.6 Å². The number of carbonyl (C=O) groups is 3. The smallest absolute Gasteiger partial charge is 0.336 e. The molecule has 0 aliphatic heterocycles. The van der Waals surface area contributed by atoms with Gasteiger partial charge in [-0.2, -0.15) is 40.2 Å². The van der Waals surface area contributed by atoms with Crippen LogP contribution in [0.25, 0.3) is 5.57 Å². The van der Waals surface area contributed by atoms with Crippen molar-refractivity contribution in [3.8, 4) is 0 Å². The number of rotatable bonds is 21. The molecule has 0 spiro atoms. The van der Waals surface area contributed by atoms with Crippen LogP contribution in [-0.2, 0) is 33.3 Å². The van der Waals surface area contributed by atoms with Gasteiger partial charge in [-0.15, -0.1) is 0 Å². The summed E-state index contributed by atoms with van der Waals surface area (Å²) in [7, 11) is 1.75. The summed E-state index contributed by atoms with van der Waals surface area (Å²) in [5.74, 6) is -0.645. The van der Waals surface area contributed by atoms with E-state index in [1.165, 1.54) is 36.0 Å². The minimum atomic E-state index is -4.57. The van der Waals surface area contributed by atoms with Crippen LogP contribution in [0.2, 0.25) is 5.15 Å². The summed E-state index contributed by atoms with van der Waals surface area (Å²) in [5, 5.41) is 8.60. The van der Waals surface area contributed by atoms with Gasteiger partial charge in [-0.1, -0.05) is 111 Å². The zero-order valence-corrected chi connectivity index (χ0v) is 41.5. The molecule has 1 saturated carbocycles. The van der Waals surface area contributed by atoms with E-state index < -0.39 is 47.2 Å². The second kappa shape index (κ2) is 28.9. The van der Waals surface area contributed by atoms with Gasteiger partial charge in [0.1, 0.15) is 22.9 Å². The predicted molar refractivity (Wildman–Crippen MR) is 249 cm³/mol. The molecule has 3 rings (SSSR count). The van der Waals surface area contributed by atoms with E-state index in [0.29, 0.717) is 42.5 Å². The van der Waals surface area contributed by atoms with Crippen LogP contribution in [0.15, 0.2) is 60.4 Å². The molecule has 2 N–H and O–H groups in total. The van der Waals surface area contributed by atoms with Crippen molar-refractivity contribution in [2.45, 2.75) is 165 Å². The summed E-state index contributed by atoms with van der Waals surface area (Å²) in [6.45, 7) is 20.3. The highest BCUT2D eigenvalue weighted by atomic mass is 35.5. The molecular weight excluding hydrogens is 894 g/mol. The van der Waals surface area contributed by atoms with Crippen molar-refractivity contribution in [3.63, 3.8) is 0 Å². The van der Waals surface area contributed by atoms with Crippen LogP contribution < -0.4 is 10.6 Å². The molecule has 2 aromatic heterocycles. The lowest BCUT2D eigenvalue weighted by Crippen LogP contribution is -2.41. The summed E-state index contributed by atoms with van der Waals surface area (Å²) in [4.78, 5) is 38.0. The van der Waals surface area contributed by atoms with Gasteiger partial charge < -0.3 is 15.4 Å². The lowest BCUT2D eigenvalue weighted by atomic mass is 9.83. The quantitative estimate of drug-likeness (QED) is 0.0320. The Morgan fingerprint density at radius 3 is 2.05 bits per heavy atom. The number of halogens is 9. The van der Waals surface area contributed by atoms with Gasteiger partial charge in [0.2, 0.25) is 0 Å². The Hall–Kier alpha value is -4.18. The van der Waals surface area contributed by atoms with Crippen molar-refractivity contribution in [2.75, 3.05) is 7.05 Å². The fraction of sp³-hybridized carbons (Fsp3) is 0.612. The van der Waals surface area contributed by atoms with Gasteiger partial charge in [0.25, 0.3) is 0 Å². The molecule has 0 aromatic carbocycles. The predicted octanol–water partition coefficient (Wildman–Crippen LogP) is 14.0. The van der Waals surface area contributed by atoms with Gasteiger partial charge in [-0.05, 0) is 113 Å². The third-order valence-corrected chi connectivity index (χ3v) is 11.0. The van der Waals surface area contributed by atoms with Crippen LogP contribution in [0.4, 0.5) is 35.1 Å². The number of aromatic nitrogens is 3. The molecule has 0 bridgehead atoms. The summed E-state index contributed by atoms with van der Waals surface area (Å²) < 4.78 is 105. The Bertz CT molecular complexity index is 1940. The summed E-state index contributed by atoms with van der Waals surface area (Å²) >= 11 is 5.64. The first kappa shape index (κ1) is 61.8. The molecule has 1 aliphatic rings. The summed E-state index contributed by atoms with van der Waals surface area (Å²) in [6.07, 6.45) is 6.09. The fourth-order valence-corrected chi connectivity index (χ4v) is 6.86. The van der Waals surface area contributed by atoms with Gasteiger partial charge in [-0.25, -0.2) is 4.98 Å². The SMILES string of the molecule is CC.CC/C=C/C(=C\NC(F)F)CC(C)C=O.CCC(C)/C=C(\C=C/C(C)=O)c1cc(C(F)(F)F)nn1CC(C)(C)NC.CCCC1(C(=O)C(C)CC)CC1c1ccc(Cl)nc1C(F)(F)F. The average molecular weight is 967 g/mol. The number of hydrogen-bond acceptors (Lipinski definition) is 7. The third kappa shape index (κ3) is 20.8. The maximum atomic E-state index is 13.3. The van der Waals surface area contributed by atoms with E-state index in [1.807, 2.05) is 86.7 Å². The molecule has 17 heteroatoms. The number of aldehydes is 1. The number of pyridine rings is 1. The third-order valence-electron chi connectivity index (χ3n) is 10.8. The molecule has 0 saturated heterocycles. The van der Waals surface area contributed by atoms with E-state index in [1.54, 1.807) is 26.1 Å². The molecule has 1 fully saturated rings. The lowest BCUT2D eigenvalue weighted by Gasteiger charge is -2.25. The van der Waals surface area contributed by atoms with Gasteiger partial charge in [-0.3, -0.25) is 14.3 Å². The highest BCUT2D eigenvalue weighted by Gasteiger charge is 2.61. The second-order valence-electron chi connectivity index (χ2n) is 16.9. The molecule has 5 unspecified atom stereocenters. The standard InChI is InChI=1S/C19H28F3N3O.C17H21ClF3NO.C11H17F2NO.C2H6/c1-7-13(2)10-15(9-8-14(3)26)16-11-17(19(20,21)22)24-25(16)12-18(4,5)23-6;1-4-8-16(15(23)10(3)5-2)9-12(16)11-6-7-13(18)22-14(11)17(19,20)21;1-3-4-5-10(6-9(2)8-15)7-14-11(12)13;1-2/h8-11,13,23H,7,12H2,1-6H3;6-7,10,12H,4-5,8-9H2,1-3H3;4-5,7-9,11,14H,3,6H2,1-2H3;1-2H3/b9-8-,15-10+;;5-4+,10-7+;. The average Bonchev–Trinajstić information content (AvgIpc) is 3.82. The van der Waals surface area contributed by atoms with Crippen LogP contribution in [0, 0.1) is 23.2 Å². The topological polar surface area (TPSA) is 106 Å². The summed E-state index contributed by atoms with van der Waals surface area (Å²) in [5.41, 5.74) is -1.29. The molecule has 0 radical (unpaired) electrons. The van der Waals surface area contributed by atoms with Crippen molar-refractivity contribution in [1.82, 2.24) is 25.4 Å². The summed E-state index contributed by atoms with van der Waals surface area (Å²) in [6, 6.07) is 3.80. The van der Waals surface area contributed by atoms with E-state index in [4.69, 9.17) is 11.6 Å². The molecule has 1 aliphatic carbocycles. The molecule has 8 nitrogen and oxygen atoms in total. The number of nitrogens with one attached hydrogen (secondary N) is 2. The van der Waals surface area contributed by atoms with E-state index >= 15 is 0 Å². The highest BCUT2D eigenvalue weighted by molar-refractivity contribution is 6.29. The fourth-order valence-electron chi connectivity index (χ4n) is 6.72. The first-order valence-corrected chi connectivity index (χ1v) is 22.9. The Labute approximate surface area is 392 Å². The molecular formula is C49H72ClF8N5O3. The van der Waals surface area contributed by atoms with Gasteiger partial charge in [0.05, 0.1) is 12.2 Å². The zero-order chi connectivity index (χ0) is 51.2. The van der Waals surface area contributed by atoms with Crippen molar-refractivity contribution < 1.29 is 49.5 Å². The van der Waals surface area contributed by atoms with Crippen LogP contribution in [0.1, 0.15) is 157 Å². The maximum Gasteiger partial charge on any atom is 0.435 e. The molecule has 5 atom stereocenters. The lowest BCUT2D eigenvalue weighted by molar-refractivity contribution is -0.142. The Balaban J connectivity index is 0.000000974.